The zero-order valence-corrected chi connectivity index (χ0v) is 8.71. The summed E-state index contributed by atoms with van der Waals surface area (Å²) in [6, 6.07) is 9.33. The van der Waals surface area contributed by atoms with E-state index in [1.807, 2.05) is 30.3 Å². The largest absolute Gasteiger partial charge is 0.828 e. The van der Waals surface area contributed by atoms with Crippen LogP contribution in [0, 0.1) is 0 Å². The van der Waals surface area contributed by atoms with E-state index in [-0.39, 0.29) is 8.81 Å². The molecular weight excluding hydrogens is 167 g/mol. The fourth-order valence-electron chi connectivity index (χ4n) is 0.506. The van der Waals surface area contributed by atoms with E-state index in [0.717, 1.165) is 5.30 Å². The Morgan fingerprint density at radius 3 is 1.83 bits per heavy atom. The smallest absolute Gasteiger partial charge is 0.0431 e. The highest BCUT2D eigenvalue weighted by atomic mass is 31.1. The highest BCUT2D eigenvalue weighted by molar-refractivity contribution is 7.39. The van der Waals surface area contributed by atoms with Crippen LogP contribution in [-0.2, 0) is 0 Å². The molecule has 0 aliphatic carbocycles. The third-order valence-electron chi connectivity index (χ3n) is 1.39. The second-order valence-corrected chi connectivity index (χ2v) is 3.25. The number of benzene rings is 1. The van der Waals surface area contributed by atoms with Gasteiger partial charge in [-0.2, -0.15) is 8.81 Å². The molecule has 0 radical (unpaired) electrons. The van der Waals surface area contributed by atoms with E-state index in [9.17, 15) is 4.89 Å². The number of hydrogen-bond acceptors (Lipinski definition) is 1. The van der Waals surface area contributed by atoms with Crippen molar-refractivity contribution in [3.8, 4) is 0 Å². The highest BCUT2D eigenvalue weighted by Gasteiger charge is 1.75. The topological polar surface area (TPSA) is 23.1 Å². The van der Waals surface area contributed by atoms with Crippen LogP contribution in [0.3, 0.4) is 0 Å². The maximum atomic E-state index is 10.2. The third-order valence-corrected chi connectivity index (χ3v) is 1.96. The minimum atomic E-state index is -0.320. The normalized spacial score (nSPS) is 9.58. The average Bonchev–Trinajstić information content (AvgIpc) is 2.19. The van der Waals surface area contributed by atoms with Crippen molar-refractivity contribution in [2.24, 2.45) is 0 Å². The molecule has 1 unspecified atom stereocenters. The summed E-state index contributed by atoms with van der Waals surface area (Å²) in [6.45, 7) is 4.36. The van der Waals surface area contributed by atoms with Crippen molar-refractivity contribution < 1.29 is 4.89 Å². The van der Waals surface area contributed by atoms with E-state index in [0.29, 0.717) is 0 Å². The van der Waals surface area contributed by atoms with Crippen LogP contribution in [0.25, 0.3) is 0 Å². The Kier molecular flexibility index (Phi) is 8.42. The van der Waals surface area contributed by atoms with Crippen molar-refractivity contribution in [3.63, 3.8) is 0 Å². The molecule has 2 heteroatoms. The lowest BCUT2D eigenvalue weighted by atomic mass is 10.4. The van der Waals surface area contributed by atoms with Gasteiger partial charge in [-0.05, 0) is 5.30 Å². The van der Waals surface area contributed by atoms with Gasteiger partial charge in [-0.15, -0.1) is 0 Å². The molecule has 0 spiro atoms. The highest BCUT2D eigenvalue weighted by Crippen LogP contribution is 1.95. The van der Waals surface area contributed by atoms with Gasteiger partial charge >= 0.3 is 0 Å². The van der Waals surface area contributed by atoms with E-state index in [1.165, 1.54) is 12.8 Å². The van der Waals surface area contributed by atoms with Gasteiger partial charge in [-0.3, -0.25) is 0 Å². The van der Waals surface area contributed by atoms with E-state index >= 15 is 0 Å². The molecule has 1 nitrogen and oxygen atoms in total. The molecule has 0 aliphatic rings. The lowest BCUT2D eigenvalue weighted by Gasteiger charge is -2.01. The van der Waals surface area contributed by atoms with Gasteiger partial charge in [-0.25, -0.2) is 0 Å². The Labute approximate surface area is 76.7 Å². The third kappa shape index (κ3) is 6.33. The van der Waals surface area contributed by atoms with E-state index in [1.54, 1.807) is 0 Å². The van der Waals surface area contributed by atoms with Crippen molar-refractivity contribution in [1.29, 1.82) is 0 Å². The quantitative estimate of drug-likeness (QED) is 0.644. The first-order valence-electron chi connectivity index (χ1n) is 4.28. The molecule has 0 aliphatic heterocycles. The minimum absolute atomic E-state index is 0.320. The van der Waals surface area contributed by atoms with Crippen LogP contribution in [0.4, 0.5) is 0 Å². The van der Waals surface area contributed by atoms with E-state index in [2.05, 4.69) is 13.8 Å². The summed E-state index contributed by atoms with van der Waals surface area (Å²) >= 11 is 0. The molecule has 1 rings (SSSR count). The van der Waals surface area contributed by atoms with Crippen molar-refractivity contribution in [3.05, 3.63) is 30.3 Å². The minimum Gasteiger partial charge on any atom is -0.828 e. The molecule has 1 aromatic rings. The number of unbranched alkanes of at least 4 members (excludes halogenated alkanes) is 1. The monoisotopic (exact) mass is 183 g/mol. The molecule has 1 aromatic carbocycles. The van der Waals surface area contributed by atoms with Gasteiger partial charge in [-0.1, -0.05) is 57.0 Å². The van der Waals surface area contributed by atoms with Crippen LogP contribution < -0.4 is 10.2 Å². The zero-order chi connectivity index (χ0) is 9.23. The van der Waals surface area contributed by atoms with Crippen LogP contribution in [-0.4, -0.2) is 0 Å². The molecule has 0 aromatic heterocycles. The summed E-state index contributed by atoms with van der Waals surface area (Å²) in [4.78, 5) is 10.2. The maximum absolute atomic E-state index is 10.2. The van der Waals surface area contributed by atoms with E-state index in [4.69, 9.17) is 0 Å². The van der Waals surface area contributed by atoms with Crippen molar-refractivity contribution in [2.45, 2.75) is 26.7 Å². The molecule has 0 bridgehead atoms. The first-order valence-corrected chi connectivity index (χ1v) is 5.19. The van der Waals surface area contributed by atoms with Crippen LogP contribution in [0.1, 0.15) is 26.7 Å². The summed E-state index contributed by atoms with van der Waals surface area (Å²) in [5.74, 6) is 0. The van der Waals surface area contributed by atoms with Gasteiger partial charge in [0.2, 0.25) is 0 Å². The fraction of sp³-hybridized carbons (Fsp3) is 0.400. The first kappa shape index (κ1) is 11.6. The van der Waals surface area contributed by atoms with E-state index < -0.39 is 0 Å². The SMILES string of the molecule is CCCC.[O-]Pc1ccccc1. The Morgan fingerprint density at radius 1 is 1.08 bits per heavy atom. The summed E-state index contributed by atoms with van der Waals surface area (Å²) < 4.78 is 0. The molecule has 0 heterocycles. The second kappa shape index (κ2) is 8.70. The predicted molar refractivity (Wildman–Crippen MR) is 55.0 cm³/mol. The standard InChI is InChI=1S/C6H6OP.C4H10/c7-8-6-4-2-1-3-5-6;1-3-4-2/h1-5,8H;3-4H2,1-2H3/q-1;. The predicted octanol–water partition coefficient (Wildman–Crippen LogP) is 2.07. The maximum Gasteiger partial charge on any atom is -0.0431 e. The van der Waals surface area contributed by atoms with Gasteiger partial charge < -0.3 is 4.89 Å². The van der Waals surface area contributed by atoms with Crippen LogP contribution in [0.15, 0.2) is 30.3 Å². The Morgan fingerprint density at radius 2 is 1.58 bits per heavy atom. The molecular formula is C10H16OP-. The summed E-state index contributed by atoms with van der Waals surface area (Å²) in [5.41, 5.74) is 0. The molecule has 0 N–H and O–H groups in total. The van der Waals surface area contributed by atoms with Crippen molar-refractivity contribution >= 4 is 14.1 Å². The Bertz CT molecular complexity index is 172. The lowest BCUT2D eigenvalue weighted by Crippen LogP contribution is -1.97. The zero-order valence-electron chi connectivity index (χ0n) is 7.71. The van der Waals surface area contributed by atoms with Gasteiger partial charge in [0.15, 0.2) is 0 Å². The lowest BCUT2D eigenvalue weighted by molar-refractivity contribution is -0.147. The molecule has 0 saturated carbocycles. The molecule has 1 atom stereocenters. The van der Waals surface area contributed by atoms with Crippen molar-refractivity contribution in [1.82, 2.24) is 0 Å². The molecule has 0 amide bonds. The Balaban J connectivity index is 0.000000261. The second-order valence-electron chi connectivity index (χ2n) is 2.47. The fourth-order valence-corrected chi connectivity index (χ4v) is 0.835. The molecule has 68 valence electrons. The Hall–Kier alpha value is -0.390. The number of hydrogen-bond donors (Lipinski definition) is 0. The number of rotatable bonds is 2. The summed E-state index contributed by atoms with van der Waals surface area (Å²) in [7, 11) is -0.320. The van der Waals surface area contributed by atoms with Gasteiger partial charge in [0.25, 0.3) is 0 Å². The molecule has 0 fully saturated rings. The van der Waals surface area contributed by atoms with Gasteiger partial charge in [0.05, 0.1) is 0 Å². The van der Waals surface area contributed by atoms with Crippen LogP contribution >= 0.6 is 8.81 Å². The summed E-state index contributed by atoms with van der Waals surface area (Å²) in [5, 5.41) is 0.882. The van der Waals surface area contributed by atoms with Gasteiger partial charge in [0, 0.05) is 0 Å². The van der Waals surface area contributed by atoms with Crippen LogP contribution in [0.5, 0.6) is 0 Å². The van der Waals surface area contributed by atoms with Crippen LogP contribution in [0.2, 0.25) is 0 Å². The van der Waals surface area contributed by atoms with Crippen molar-refractivity contribution in [2.75, 3.05) is 0 Å². The molecule has 0 saturated heterocycles. The first-order chi connectivity index (χ1) is 5.85. The summed E-state index contributed by atoms with van der Waals surface area (Å²) in [6.07, 6.45) is 2.64. The van der Waals surface area contributed by atoms with Gasteiger partial charge in [0.1, 0.15) is 0 Å². The average molecular weight is 183 g/mol. The molecule has 12 heavy (non-hydrogen) atoms.